The van der Waals surface area contributed by atoms with Crippen LogP contribution in [-0.4, -0.2) is 70.1 Å². The topological polar surface area (TPSA) is 58.8 Å². The van der Waals surface area contributed by atoms with Crippen molar-refractivity contribution in [3.63, 3.8) is 0 Å². The average molecular weight is 366 g/mol. The summed E-state index contributed by atoms with van der Waals surface area (Å²) < 4.78 is 7.64. The maximum atomic E-state index is 5.82. The van der Waals surface area contributed by atoms with E-state index in [1.807, 2.05) is 47.0 Å². The first-order valence-corrected chi connectivity index (χ1v) is 9.47. The van der Waals surface area contributed by atoms with Gasteiger partial charge in [-0.15, -0.1) is 15.3 Å². The summed E-state index contributed by atoms with van der Waals surface area (Å²) in [6, 6.07) is 14.0. The molecule has 1 aliphatic heterocycles. The highest BCUT2D eigenvalue weighted by Crippen LogP contribution is 2.19. The van der Waals surface area contributed by atoms with Crippen molar-refractivity contribution in [2.45, 2.75) is 26.1 Å². The largest absolute Gasteiger partial charge is 0.373 e. The van der Waals surface area contributed by atoms with Gasteiger partial charge in [-0.3, -0.25) is 4.90 Å². The predicted molar refractivity (Wildman–Crippen MR) is 106 cm³/mol. The van der Waals surface area contributed by atoms with Gasteiger partial charge in [-0.1, -0.05) is 30.3 Å². The van der Waals surface area contributed by atoms with Crippen LogP contribution < -0.4 is 4.90 Å². The number of hydrogen-bond donors (Lipinski definition) is 0. The minimum absolute atomic E-state index is 0.291. The van der Waals surface area contributed by atoms with Gasteiger partial charge in [-0.25, -0.2) is 0 Å². The molecule has 1 aromatic carbocycles. The van der Waals surface area contributed by atoms with E-state index < -0.39 is 0 Å². The second-order valence-corrected chi connectivity index (χ2v) is 7.29. The number of anilines is 1. The van der Waals surface area contributed by atoms with Gasteiger partial charge in [0.2, 0.25) is 0 Å². The smallest absolute Gasteiger partial charge is 0.185 e. The van der Waals surface area contributed by atoms with Crippen LogP contribution in [0, 0.1) is 0 Å². The molecule has 0 aliphatic carbocycles. The lowest BCUT2D eigenvalue weighted by molar-refractivity contribution is -0.0670. The van der Waals surface area contributed by atoms with Crippen molar-refractivity contribution in [1.29, 1.82) is 0 Å². The molecule has 7 nitrogen and oxygen atoms in total. The van der Waals surface area contributed by atoms with Crippen LogP contribution in [0.25, 0.3) is 17.0 Å². The van der Waals surface area contributed by atoms with Crippen LogP contribution in [0.2, 0.25) is 0 Å². The van der Waals surface area contributed by atoms with E-state index in [0.29, 0.717) is 12.2 Å². The van der Waals surface area contributed by atoms with E-state index in [-0.39, 0.29) is 0 Å². The van der Waals surface area contributed by atoms with Crippen LogP contribution in [0.4, 0.5) is 5.82 Å². The second-order valence-electron chi connectivity index (χ2n) is 7.29. The van der Waals surface area contributed by atoms with Crippen molar-refractivity contribution in [2.24, 2.45) is 0 Å². The molecule has 142 valence electrons. The summed E-state index contributed by atoms with van der Waals surface area (Å²) in [4.78, 5) is 4.64. The Hall–Kier alpha value is -2.51. The normalized spacial score (nSPS) is 20.9. The SMILES string of the molecule is C[C@@H]1CN(CCN(C)c2ccc3nnc(-c4ccccc4)n3n2)C[C@H](C)O1. The number of nitrogens with zero attached hydrogens (tertiary/aromatic N) is 6. The molecule has 0 radical (unpaired) electrons. The molecule has 1 aliphatic rings. The Morgan fingerprint density at radius 2 is 1.78 bits per heavy atom. The maximum absolute atomic E-state index is 5.82. The van der Waals surface area contributed by atoms with E-state index in [1.54, 1.807) is 0 Å². The Morgan fingerprint density at radius 3 is 2.52 bits per heavy atom. The highest BCUT2D eigenvalue weighted by atomic mass is 16.5. The lowest BCUT2D eigenvalue weighted by Crippen LogP contribution is -2.47. The summed E-state index contributed by atoms with van der Waals surface area (Å²) in [5, 5.41) is 13.3. The minimum Gasteiger partial charge on any atom is -0.373 e. The summed E-state index contributed by atoms with van der Waals surface area (Å²) in [5.74, 6) is 1.67. The molecule has 0 spiro atoms. The number of hydrogen-bond acceptors (Lipinski definition) is 6. The van der Waals surface area contributed by atoms with Crippen LogP contribution in [0.1, 0.15) is 13.8 Å². The lowest BCUT2D eigenvalue weighted by Gasteiger charge is -2.36. The van der Waals surface area contributed by atoms with E-state index in [1.165, 1.54) is 0 Å². The summed E-state index contributed by atoms with van der Waals surface area (Å²) in [7, 11) is 2.08. The molecule has 4 rings (SSSR count). The Kier molecular flexibility index (Phi) is 5.05. The molecule has 0 unspecified atom stereocenters. The van der Waals surface area contributed by atoms with Gasteiger partial charge in [0.25, 0.3) is 0 Å². The van der Waals surface area contributed by atoms with Crippen LogP contribution in [0.5, 0.6) is 0 Å². The minimum atomic E-state index is 0.291. The average Bonchev–Trinajstić information content (AvgIpc) is 3.09. The van der Waals surface area contributed by atoms with Crippen molar-refractivity contribution in [2.75, 3.05) is 38.1 Å². The highest BCUT2D eigenvalue weighted by Gasteiger charge is 2.22. The molecular weight excluding hydrogens is 340 g/mol. The zero-order valence-electron chi connectivity index (χ0n) is 16.1. The third kappa shape index (κ3) is 3.94. The molecule has 1 saturated heterocycles. The fraction of sp³-hybridized carbons (Fsp3) is 0.450. The fourth-order valence-electron chi connectivity index (χ4n) is 3.62. The molecule has 2 atom stereocenters. The van der Waals surface area contributed by atoms with Crippen molar-refractivity contribution in [1.82, 2.24) is 24.7 Å². The first kappa shape index (κ1) is 17.9. The Bertz CT molecular complexity index is 886. The first-order chi connectivity index (χ1) is 13.1. The van der Waals surface area contributed by atoms with Crippen LogP contribution in [0.15, 0.2) is 42.5 Å². The fourth-order valence-corrected chi connectivity index (χ4v) is 3.62. The summed E-state index contributed by atoms with van der Waals surface area (Å²) in [6.07, 6.45) is 0.581. The van der Waals surface area contributed by atoms with Gasteiger partial charge < -0.3 is 9.64 Å². The molecule has 0 N–H and O–H groups in total. The zero-order valence-corrected chi connectivity index (χ0v) is 16.1. The van der Waals surface area contributed by atoms with Gasteiger partial charge in [0, 0.05) is 38.8 Å². The first-order valence-electron chi connectivity index (χ1n) is 9.47. The van der Waals surface area contributed by atoms with Crippen molar-refractivity contribution in [3.8, 4) is 11.4 Å². The van der Waals surface area contributed by atoms with Gasteiger partial charge in [0.15, 0.2) is 11.5 Å². The Balaban J connectivity index is 1.50. The quantitative estimate of drug-likeness (QED) is 0.691. The number of fused-ring (bicyclic) bond motifs is 1. The zero-order chi connectivity index (χ0) is 18.8. The number of rotatable bonds is 5. The molecule has 0 saturated carbocycles. The van der Waals surface area contributed by atoms with E-state index in [2.05, 4.69) is 40.9 Å². The standard InChI is InChI=1S/C20H26N6O/c1-15-13-25(14-16(2)27-15)12-11-24(3)19-10-9-18-21-22-20(26(18)23-19)17-7-5-4-6-8-17/h4-10,15-16H,11-14H2,1-3H3/t15-,16+. The van der Waals surface area contributed by atoms with E-state index in [0.717, 1.165) is 49.0 Å². The number of ether oxygens (including phenoxy) is 1. The van der Waals surface area contributed by atoms with Crippen molar-refractivity contribution in [3.05, 3.63) is 42.5 Å². The third-order valence-electron chi connectivity index (χ3n) is 4.92. The molecular formula is C20H26N6O. The van der Waals surface area contributed by atoms with Gasteiger partial charge in [-0.2, -0.15) is 4.52 Å². The highest BCUT2D eigenvalue weighted by molar-refractivity contribution is 5.59. The van der Waals surface area contributed by atoms with Crippen LogP contribution in [-0.2, 0) is 4.74 Å². The second kappa shape index (κ2) is 7.62. The molecule has 7 heteroatoms. The van der Waals surface area contributed by atoms with Crippen LogP contribution >= 0.6 is 0 Å². The molecule has 3 heterocycles. The number of likely N-dealkylation sites (N-methyl/N-ethyl adjacent to an activating group) is 1. The number of aromatic nitrogens is 4. The van der Waals surface area contributed by atoms with E-state index >= 15 is 0 Å². The molecule has 27 heavy (non-hydrogen) atoms. The number of morpholine rings is 1. The van der Waals surface area contributed by atoms with E-state index in [4.69, 9.17) is 9.84 Å². The molecule has 0 bridgehead atoms. The molecule has 2 aromatic heterocycles. The Labute approximate surface area is 159 Å². The van der Waals surface area contributed by atoms with Crippen molar-refractivity contribution >= 4 is 11.5 Å². The summed E-state index contributed by atoms with van der Waals surface area (Å²) in [6.45, 7) is 8.13. The maximum Gasteiger partial charge on any atom is 0.185 e. The molecule has 0 amide bonds. The molecule has 1 fully saturated rings. The van der Waals surface area contributed by atoms with Gasteiger partial charge in [0.1, 0.15) is 5.82 Å². The van der Waals surface area contributed by atoms with Gasteiger partial charge >= 0.3 is 0 Å². The lowest BCUT2D eigenvalue weighted by atomic mass is 10.2. The Morgan fingerprint density at radius 1 is 1.04 bits per heavy atom. The monoisotopic (exact) mass is 366 g/mol. The molecule has 3 aromatic rings. The van der Waals surface area contributed by atoms with Gasteiger partial charge in [-0.05, 0) is 26.0 Å². The van der Waals surface area contributed by atoms with Crippen molar-refractivity contribution < 1.29 is 4.74 Å². The predicted octanol–water partition coefficient (Wildman–Crippen LogP) is 2.34. The summed E-state index contributed by atoms with van der Waals surface area (Å²) >= 11 is 0. The summed E-state index contributed by atoms with van der Waals surface area (Å²) in [5.41, 5.74) is 1.76. The third-order valence-corrected chi connectivity index (χ3v) is 4.92. The van der Waals surface area contributed by atoms with Gasteiger partial charge in [0.05, 0.1) is 12.2 Å². The van der Waals surface area contributed by atoms with Crippen LogP contribution in [0.3, 0.4) is 0 Å². The number of benzene rings is 1. The van der Waals surface area contributed by atoms with E-state index in [9.17, 15) is 0 Å².